The molecule has 0 atom stereocenters. The van der Waals surface area contributed by atoms with Gasteiger partial charge < -0.3 is 10.2 Å². The standard InChI is InChI=1S/C15H23BrN2O/c1-3-5-11-18(10-4-2)15(19)17-12-13-8-6-7-9-14(13)16/h6-9H,3-5,10-12H2,1-2H3,(H,17,19). The molecule has 1 N–H and O–H groups in total. The zero-order valence-corrected chi connectivity index (χ0v) is 13.4. The van der Waals surface area contributed by atoms with E-state index in [1.54, 1.807) is 0 Å². The van der Waals surface area contributed by atoms with Gasteiger partial charge in [0.2, 0.25) is 0 Å². The van der Waals surface area contributed by atoms with Gasteiger partial charge >= 0.3 is 6.03 Å². The highest BCUT2D eigenvalue weighted by atomic mass is 79.9. The van der Waals surface area contributed by atoms with Crippen LogP contribution in [0.25, 0.3) is 0 Å². The Kier molecular flexibility index (Phi) is 7.56. The third-order valence-corrected chi connectivity index (χ3v) is 3.72. The molecule has 0 saturated carbocycles. The number of amides is 2. The number of benzene rings is 1. The first-order chi connectivity index (χ1) is 9.19. The lowest BCUT2D eigenvalue weighted by Gasteiger charge is -2.22. The predicted octanol–water partition coefficient (Wildman–Crippen LogP) is 4.17. The van der Waals surface area contributed by atoms with Crippen LogP contribution in [0.4, 0.5) is 4.79 Å². The van der Waals surface area contributed by atoms with Crippen molar-refractivity contribution in [3.63, 3.8) is 0 Å². The third-order valence-electron chi connectivity index (χ3n) is 2.95. The molecule has 3 nitrogen and oxygen atoms in total. The Bertz CT molecular complexity index is 395. The topological polar surface area (TPSA) is 32.3 Å². The van der Waals surface area contributed by atoms with Crippen LogP contribution in [0.3, 0.4) is 0 Å². The zero-order chi connectivity index (χ0) is 14.1. The minimum Gasteiger partial charge on any atom is -0.334 e. The van der Waals surface area contributed by atoms with Crippen molar-refractivity contribution < 1.29 is 4.79 Å². The normalized spacial score (nSPS) is 10.3. The molecule has 1 aromatic carbocycles. The van der Waals surface area contributed by atoms with Gasteiger partial charge in [0.25, 0.3) is 0 Å². The Morgan fingerprint density at radius 1 is 1.21 bits per heavy atom. The molecular weight excluding hydrogens is 304 g/mol. The number of unbranched alkanes of at least 4 members (excludes halogenated alkanes) is 1. The third kappa shape index (κ3) is 5.64. The highest BCUT2D eigenvalue weighted by molar-refractivity contribution is 9.10. The van der Waals surface area contributed by atoms with Crippen LogP contribution in [0.2, 0.25) is 0 Å². The summed E-state index contributed by atoms with van der Waals surface area (Å²) in [7, 11) is 0. The maximum atomic E-state index is 12.1. The second kappa shape index (κ2) is 8.97. The fraction of sp³-hybridized carbons (Fsp3) is 0.533. The van der Waals surface area contributed by atoms with Crippen molar-refractivity contribution in [1.82, 2.24) is 10.2 Å². The van der Waals surface area contributed by atoms with Crippen LogP contribution in [0.1, 0.15) is 38.7 Å². The molecule has 0 spiro atoms. The lowest BCUT2D eigenvalue weighted by Crippen LogP contribution is -2.40. The van der Waals surface area contributed by atoms with Gasteiger partial charge in [0.1, 0.15) is 0 Å². The summed E-state index contributed by atoms with van der Waals surface area (Å²) in [6.45, 7) is 6.46. The maximum Gasteiger partial charge on any atom is 0.317 e. The number of halogens is 1. The molecule has 2 amide bonds. The van der Waals surface area contributed by atoms with E-state index >= 15 is 0 Å². The Morgan fingerprint density at radius 3 is 2.58 bits per heavy atom. The lowest BCUT2D eigenvalue weighted by atomic mass is 10.2. The number of carbonyl (C=O) groups is 1. The minimum atomic E-state index is 0.0334. The maximum absolute atomic E-state index is 12.1. The van der Waals surface area contributed by atoms with Gasteiger partial charge in [-0.2, -0.15) is 0 Å². The van der Waals surface area contributed by atoms with E-state index in [1.807, 2.05) is 29.2 Å². The van der Waals surface area contributed by atoms with Gasteiger partial charge in [0.05, 0.1) is 0 Å². The number of rotatable bonds is 7. The number of hydrogen-bond acceptors (Lipinski definition) is 1. The number of urea groups is 1. The van der Waals surface area contributed by atoms with Crippen molar-refractivity contribution in [3.05, 3.63) is 34.3 Å². The lowest BCUT2D eigenvalue weighted by molar-refractivity contribution is 0.196. The highest BCUT2D eigenvalue weighted by Crippen LogP contribution is 2.15. The van der Waals surface area contributed by atoms with Crippen LogP contribution >= 0.6 is 15.9 Å². The smallest absolute Gasteiger partial charge is 0.317 e. The predicted molar refractivity (Wildman–Crippen MR) is 83.1 cm³/mol. The monoisotopic (exact) mass is 326 g/mol. The summed E-state index contributed by atoms with van der Waals surface area (Å²) in [6, 6.07) is 7.99. The molecule has 0 aliphatic carbocycles. The molecule has 0 fully saturated rings. The minimum absolute atomic E-state index is 0.0334. The molecular formula is C15H23BrN2O. The molecule has 0 radical (unpaired) electrons. The second-order valence-electron chi connectivity index (χ2n) is 4.59. The van der Waals surface area contributed by atoms with Crippen molar-refractivity contribution in [3.8, 4) is 0 Å². The number of carbonyl (C=O) groups excluding carboxylic acids is 1. The molecule has 19 heavy (non-hydrogen) atoms. The molecule has 0 aromatic heterocycles. The van der Waals surface area contributed by atoms with E-state index in [2.05, 4.69) is 35.1 Å². The van der Waals surface area contributed by atoms with E-state index in [9.17, 15) is 4.79 Å². The summed E-state index contributed by atoms with van der Waals surface area (Å²) < 4.78 is 1.03. The molecule has 1 rings (SSSR count). The second-order valence-corrected chi connectivity index (χ2v) is 5.45. The first kappa shape index (κ1) is 16.0. The summed E-state index contributed by atoms with van der Waals surface area (Å²) in [4.78, 5) is 14.0. The first-order valence-corrected chi connectivity index (χ1v) is 7.74. The number of nitrogens with zero attached hydrogens (tertiary/aromatic N) is 1. The van der Waals surface area contributed by atoms with Crippen molar-refractivity contribution in [2.45, 2.75) is 39.7 Å². The van der Waals surface area contributed by atoms with Gasteiger partial charge in [-0.3, -0.25) is 0 Å². The molecule has 4 heteroatoms. The largest absolute Gasteiger partial charge is 0.334 e. The molecule has 0 bridgehead atoms. The summed E-state index contributed by atoms with van der Waals surface area (Å²) in [6.07, 6.45) is 3.16. The van der Waals surface area contributed by atoms with Gasteiger partial charge in [-0.05, 0) is 24.5 Å². The van der Waals surface area contributed by atoms with Gasteiger partial charge in [-0.25, -0.2) is 4.79 Å². The summed E-state index contributed by atoms with van der Waals surface area (Å²) in [5, 5.41) is 2.99. The van der Waals surface area contributed by atoms with Crippen LogP contribution < -0.4 is 5.32 Å². The van der Waals surface area contributed by atoms with E-state index in [0.717, 1.165) is 42.4 Å². The fourth-order valence-corrected chi connectivity index (χ4v) is 2.28. The quantitative estimate of drug-likeness (QED) is 0.801. The molecule has 0 saturated heterocycles. The zero-order valence-electron chi connectivity index (χ0n) is 11.8. The summed E-state index contributed by atoms with van der Waals surface area (Å²) in [5.41, 5.74) is 1.10. The van der Waals surface area contributed by atoms with Crippen molar-refractivity contribution in [1.29, 1.82) is 0 Å². The van der Waals surface area contributed by atoms with Crippen LogP contribution in [-0.2, 0) is 6.54 Å². The van der Waals surface area contributed by atoms with Crippen LogP contribution in [0.5, 0.6) is 0 Å². The average Bonchev–Trinajstić information content (AvgIpc) is 2.42. The van der Waals surface area contributed by atoms with E-state index in [1.165, 1.54) is 0 Å². The van der Waals surface area contributed by atoms with Crippen LogP contribution in [0.15, 0.2) is 28.7 Å². The molecule has 0 aliphatic rings. The van der Waals surface area contributed by atoms with E-state index in [-0.39, 0.29) is 6.03 Å². The van der Waals surface area contributed by atoms with Crippen LogP contribution in [-0.4, -0.2) is 24.0 Å². The van der Waals surface area contributed by atoms with Gasteiger partial charge in [0.15, 0.2) is 0 Å². The molecule has 1 aromatic rings. The summed E-state index contributed by atoms with van der Waals surface area (Å²) >= 11 is 3.49. The Hall–Kier alpha value is -1.03. The van der Waals surface area contributed by atoms with Gasteiger partial charge in [0, 0.05) is 24.1 Å². The summed E-state index contributed by atoms with van der Waals surface area (Å²) in [5.74, 6) is 0. The molecule has 0 unspecified atom stereocenters. The number of hydrogen-bond donors (Lipinski definition) is 1. The highest BCUT2D eigenvalue weighted by Gasteiger charge is 2.11. The Morgan fingerprint density at radius 2 is 1.95 bits per heavy atom. The van der Waals surface area contributed by atoms with Gasteiger partial charge in [-0.15, -0.1) is 0 Å². The van der Waals surface area contributed by atoms with Crippen molar-refractivity contribution >= 4 is 22.0 Å². The molecule has 0 heterocycles. The van der Waals surface area contributed by atoms with E-state index < -0.39 is 0 Å². The SMILES string of the molecule is CCCCN(CCC)C(=O)NCc1ccccc1Br. The Labute approximate surface area is 124 Å². The van der Waals surface area contributed by atoms with E-state index in [4.69, 9.17) is 0 Å². The van der Waals surface area contributed by atoms with Crippen molar-refractivity contribution in [2.75, 3.05) is 13.1 Å². The molecule has 106 valence electrons. The Balaban J connectivity index is 2.50. The van der Waals surface area contributed by atoms with Gasteiger partial charge in [-0.1, -0.05) is 54.4 Å². The van der Waals surface area contributed by atoms with Crippen LogP contribution in [0, 0.1) is 0 Å². The first-order valence-electron chi connectivity index (χ1n) is 6.95. The van der Waals surface area contributed by atoms with E-state index in [0.29, 0.717) is 6.54 Å². The molecule has 0 aliphatic heterocycles. The number of nitrogens with one attached hydrogen (secondary N) is 1. The fourth-order valence-electron chi connectivity index (χ4n) is 1.86. The van der Waals surface area contributed by atoms with Crippen molar-refractivity contribution in [2.24, 2.45) is 0 Å². The average molecular weight is 327 g/mol.